The molecule has 1 atom stereocenters. The zero-order chi connectivity index (χ0) is 13.1. The van der Waals surface area contributed by atoms with Gasteiger partial charge in [0.05, 0.1) is 6.07 Å². The molecule has 94 valence electrons. The molecule has 0 radical (unpaired) electrons. The lowest BCUT2D eigenvalue weighted by molar-refractivity contribution is -0.121. The molecule has 0 bridgehead atoms. The number of carbonyl (C=O) groups is 1. The van der Waals surface area contributed by atoms with Gasteiger partial charge in [0, 0.05) is 12.2 Å². The molecule has 1 amide bonds. The SMILES string of the molecule is CC(C)C(C#N)C(=O)N1CCCc2ccccc21. The van der Waals surface area contributed by atoms with Gasteiger partial charge in [-0.3, -0.25) is 4.79 Å². The number of anilines is 1. The topological polar surface area (TPSA) is 44.1 Å². The molecule has 1 aliphatic heterocycles. The van der Waals surface area contributed by atoms with Crippen LogP contribution in [0.2, 0.25) is 0 Å². The Morgan fingerprint density at radius 3 is 2.78 bits per heavy atom. The second kappa shape index (κ2) is 5.22. The number of carbonyl (C=O) groups excluding carboxylic acids is 1. The number of amides is 1. The molecule has 0 saturated heterocycles. The molecule has 18 heavy (non-hydrogen) atoms. The lowest BCUT2D eigenvalue weighted by atomic mass is 9.93. The van der Waals surface area contributed by atoms with E-state index >= 15 is 0 Å². The minimum atomic E-state index is -0.545. The standard InChI is InChI=1S/C15H18N2O/c1-11(2)13(10-16)15(18)17-9-5-7-12-6-3-4-8-14(12)17/h3-4,6,8,11,13H,5,7,9H2,1-2H3. The molecule has 2 rings (SSSR count). The summed E-state index contributed by atoms with van der Waals surface area (Å²) in [4.78, 5) is 14.2. The number of hydrogen-bond acceptors (Lipinski definition) is 2. The zero-order valence-electron chi connectivity index (χ0n) is 10.9. The Bertz CT molecular complexity index is 488. The van der Waals surface area contributed by atoms with Crippen LogP contribution in [-0.4, -0.2) is 12.5 Å². The molecule has 1 aromatic carbocycles. The largest absolute Gasteiger partial charge is 0.311 e. The molecule has 1 aliphatic rings. The van der Waals surface area contributed by atoms with Crippen LogP contribution < -0.4 is 4.90 Å². The first kappa shape index (κ1) is 12.6. The van der Waals surface area contributed by atoms with Crippen molar-refractivity contribution >= 4 is 11.6 Å². The van der Waals surface area contributed by atoms with Crippen molar-refractivity contribution in [2.45, 2.75) is 26.7 Å². The van der Waals surface area contributed by atoms with E-state index in [9.17, 15) is 4.79 Å². The Balaban J connectivity index is 2.31. The molecule has 0 spiro atoms. The number of fused-ring (bicyclic) bond motifs is 1. The van der Waals surface area contributed by atoms with Gasteiger partial charge in [-0.1, -0.05) is 32.0 Å². The summed E-state index contributed by atoms with van der Waals surface area (Å²) in [7, 11) is 0. The van der Waals surface area contributed by atoms with Gasteiger partial charge in [-0.15, -0.1) is 0 Å². The highest BCUT2D eigenvalue weighted by Gasteiger charge is 2.30. The summed E-state index contributed by atoms with van der Waals surface area (Å²) in [5, 5.41) is 9.15. The maximum Gasteiger partial charge on any atom is 0.244 e. The number of nitrogens with zero attached hydrogens (tertiary/aromatic N) is 2. The van der Waals surface area contributed by atoms with Crippen molar-refractivity contribution in [1.82, 2.24) is 0 Å². The predicted octanol–water partition coefficient (Wildman–Crippen LogP) is 2.76. The molecule has 1 heterocycles. The van der Waals surface area contributed by atoms with Crippen molar-refractivity contribution in [3.8, 4) is 6.07 Å². The summed E-state index contributed by atoms with van der Waals surface area (Å²) in [6, 6.07) is 10.1. The van der Waals surface area contributed by atoms with E-state index in [1.54, 1.807) is 4.90 Å². The zero-order valence-corrected chi connectivity index (χ0v) is 10.9. The second-order valence-electron chi connectivity index (χ2n) is 5.07. The molecule has 1 unspecified atom stereocenters. The van der Waals surface area contributed by atoms with Crippen LogP contribution in [0.4, 0.5) is 5.69 Å². The van der Waals surface area contributed by atoms with Crippen LogP contribution in [0.15, 0.2) is 24.3 Å². The highest BCUT2D eigenvalue weighted by molar-refractivity contribution is 5.97. The fraction of sp³-hybridized carbons (Fsp3) is 0.467. The van der Waals surface area contributed by atoms with E-state index in [0.717, 1.165) is 25.1 Å². The van der Waals surface area contributed by atoms with Crippen LogP contribution in [0, 0.1) is 23.2 Å². The number of benzene rings is 1. The summed E-state index contributed by atoms with van der Waals surface area (Å²) < 4.78 is 0. The lowest BCUT2D eigenvalue weighted by Gasteiger charge is -2.31. The molecular weight excluding hydrogens is 224 g/mol. The first-order valence-corrected chi connectivity index (χ1v) is 6.44. The summed E-state index contributed by atoms with van der Waals surface area (Å²) in [5.41, 5.74) is 2.19. The van der Waals surface area contributed by atoms with Crippen LogP contribution in [0.25, 0.3) is 0 Å². The fourth-order valence-electron chi connectivity index (χ4n) is 2.42. The van der Waals surface area contributed by atoms with E-state index < -0.39 is 5.92 Å². The minimum Gasteiger partial charge on any atom is -0.311 e. The average molecular weight is 242 g/mol. The number of rotatable bonds is 2. The van der Waals surface area contributed by atoms with Gasteiger partial charge in [0.1, 0.15) is 5.92 Å². The number of nitriles is 1. The van der Waals surface area contributed by atoms with E-state index in [-0.39, 0.29) is 11.8 Å². The molecule has 1 aromatic rings. The summed E-state index contributed by atoms with van der Waals surface area (Å²) >= 11 is 0. The van der Waals surface area contributed by atoms with Gasteiger partial charge in [0.15, 0.2) is 0 Å². The normalized spacial score (nSPS) is 16.0. The van der Waals surface area contributed by atoms with Gasteiger partial charge in [-0.25, -0.2) is 0 Å². The van der Waals surface area contributed by atoms with Crippen LogP contribution >= 0.6 is 0 Å². The van der Waals surface area contributed by atoms with Gasteiger partial charge in [-0.05, 0) is 30.4 Å². The van der Waals surface area contributed by atoms with Crippen molar-refractivity contribution in [2.75, 3.05) is 11.4 Å². The van der Waals surface area contributed by atoms with Gasteiger partial charge >= 0.3 is 0 Å². The van der Waals surface area contributed by atoms with E-state index in [1.165, 1.54) is 5.56 Å². The highest BCUT2D eigenvalue weighted by Crippen LogP contribution is 2.29. The van der Waals surface area contributed by atoms with Crippen LogP contribution in [-0.2, 0) is 11.2 Å². The smallest absolute Gasteiger partial charge is 0.244 e. The van der Waals surface area contributed by atoms with Crippen molar-refractivity contribution < 1.29 is 4.79 Å². The molecule has 0 aliphatic carbocycles. The van der Waals surface area contributed by atoms with Gasteiger partial charge in [0.25, 0.3) is 0 Å². The van der Waals surface area contributed by atoms with E-state index in [4.69, 9.17) is 5.26 Å². The molecular formula is C15H18N2O. The number of aryl methyl sites for hydroxylation is 1. The van der Waals surface area contributed by atoms with Gasteiger partial charge < -0.3 is 4.90 Å². The first-order valence-electron chi connectivity index (χ1n) is 6.44. The Labute approximate surface area is 108 Å². The second-order valence-corrected chi connectivity index (χ2v) is 5.07. The van der Waals surface area contributed by atoms with Crippen LogP contribution in [0.3, 0.4) is 0 Å². The maximum absolute atomic E-state index is 12.4. The van der Waals surface area contributed by atoms with E-state index in [2.05, 4.69) is 12.1 Å². The van der Waals surface area contributed by atoms with E-state index in [0.29, 0.717) is 0 Å². The summed E-state index contributed by atoms with van der Waals surface area (Å²) in [6.45, 7) is 4.56. The number of hydrogen-bond donors (Lipinski definition) is 0. The van der Waals surface area contributed by atoms with Gasteiger partial charge in [0.2, 0.25) is 5.91 Å². The molecule has 0 aromatic heterocycles. The monoisotopic (exact) mass is 242 g/mol. The average Bonchev–Trinajstić information content (AvgIpc) is 2.38. The molecule has 0 N–H and O–H groups in total. The van der Waals surface area contributed by atoms with Crippen LogP contribution in [0.5, 0.6) is 0 Å². The third kappa shape index (κ3) is 2.24. The molecule has 0 saturated carbocycles. The third-order valence-corrected chi connectivity index (χ3v) is 3.45. The Kier molecular flexibility index (Phi) is 3.66. The Hall–Kier alpha value is -1.82. The van der Waals surface area contributed by atoms with Crippen molar-refractivity contribution in [3.63, 3.8) is 0 Å². The van der Waals surface area contributed by atoms with E-state index in [1.807, 2.05) is 32.0 Å². The Morgan fingerprint density at radius 1 is 1.39 bits per heavy atom. The van der Waals surface area contributed by atoms with Crippen molar-refractivity contribution in [1.29, 1.82) is 5.26 Å². The van der Waals surface area contributed by atoms with Gasteiger partial charge in [-0.2, -0.15) is 5.26 Å². The molecule has 0 fully saturated rings. The van der Waals surface area contributed by atoms with Crippen LogP contribution in [0.1, 0.15) is 25.8 Å². The maximum atomic E-state index is 12.4. The van der Waals surface area contributed by atoms with Crippen molar-refractivity contribution in [2.24, 2.45) is 11.8 Å². The lowest BCUT2D eigenvalue weighted by Crippen LogP contribution is -2.40. The molecule has 3 nitrogen and oxygen atoms in total. The minimum absolute atomic E-state index is 0.0524. The fourth-order valence-corrected chi connectivity index (χ4v) is 2.42. The summed E-state index contributed by atoms with van der Waals surface area (Å²) in [6.07, 6.45) is 1.98. The summed E-state index contributed by atoms with van der Waals surface area (Å²) in [5.74, 6) is -0.549. The quantitative estimate of drug-likeness (QED) is 0.800. The van der Waals surface area contributed by atoms with Crippen molar-refractivity contribution in [3.05, 3.63) is 29.8 Å². The first-order chi connectivity index (χ1) is 8.65. The molecule has 3 heteroatoms. The highest BCUT2D eigenvalue weighted by atomic mass is 16.2. The third-order valence-electron chi connectivity index (χ3n) is 3.45. The Morgan fingerprint density at radius 2 is 2.11 bits per heavy atom. The number of para-hydroxylation sites is 1. The predicted molar refractivity (Wildman–Crippen MR) is 71.1 cm³/mol.